The van der Waals surface area contributed by atoms with Crippen molar-refractivity contribution in [2.24, 2.45) is 0 Å². The minimum atomic E-state index is 0. The van der Waals surface area contributed by atoms with E-state index < -0.39 is 0 Å². The largest absolute Gasteiger partial charge is 0.0776 e. The Hall–Kier alpha value is 0. The molecule has 0 unspecified atom stereocenters. The topological polar surface area (TPSA) is 0 Å². The summed E-state index contributed by atoms with van der Waals surface area (Å²) < 4.78 is 0. The van der Waals surface area contributed by atoms with Crippen LogP contribution in [0, 0.1) is 0 Å². The van der Waals surface area contributed by atoms with Gasteiger partial charge in [0.15, 0.2) is 0 Å². The minimum absolute atomic E-state index is 0. The molecule has 0 nitrogen and oxygen atoms in total. The van der Waals surface area contributed by atoms with Gasteiger partial charge in [0, 0.05) is 0 Å². The molecule has 0 aromatic rings. The molecular formula is C18H60. The van der Waals surface area contributed by atoms with Gasteiger partial charge in [0.05, 0.1) is 0 Å². The lowest BCUT2D eigenvalue weighted by Gasteiger charge is -1.68. The van der Waals surface area contributed by atoms with Crippen molar-refractivity contribution in [3.8, 4) is 0 Å². The molecule has 0 heterocycles. The number of hydrogen-bond acceptors (Lipinski definition) is 0. The second-order valence-corrected chi connectivity index (χ2v) is 2.00. The van der Waals surface area contributed by atoms with E-state index in [-0.39, 0.29) is 74.3 Å². The second-order valence-electron chi connectivity index (χ2n) is 2.00. The summed E-state index contributed by atoms with van der Waals surface area (Å²) in [5, 5.41) is 0. The average Bonchev–Trinajstić information content (AvgIpc) is 1.88. The van der Waals surface area contributed by atoms with Crippen molar-refractivity contribution >= 4 is 0 Å². The molecule has 18 heavy (non-hydrogen) atoms. The maximum atomic E-state index is 2.18. The van der Waals surface area contributed by atoms with Crippen molar-refractivity contribution in [3.63, 3.8) is 0 Å². The molecule has 0 spiro atoms. The summed E-state index contributed by atoms with van der Waals surface area (Å²) in [5.41, 5.74) is 0. The Labute approximate surface area is 128 Å². The standard InChI is InChI=1S/2C4H10.10CH4/c2*1-3-4-2;;;;;;;;;;/h2*3-4H2,1-2H3;10*1H4. The highest BCUT2D eigenvalue weighted by Gasteiger charge is 1.56. The first-order valence-corrected chi connectivity index (χ1v) is 3.83. The first-order valence-electron chi connectivity index (χ1n) is 3.83. The Kier molecular flexibility index (Phi) is 2180. The van der Waals surface area contributed by atoms with Crippen LogP contribution in [0.5, 0.6) is 0 Å². The van der Waals surface area contributed by atoms with Crippen LogP contribution in [0.2, 0.25) is 0 Å². The summed E-state index contributed by atoms with van der Waals surface area (Å²) >= 11 is 0. The third kappa shape index (κ3) is 900. The molecule has 0 atom stereocenters. The van der Waals surface area contributed by atoms with Crippen LogP contribution in [0.3, 0.4) is 0 Å². The van der Waals surface area contributed by atoms with Crippen molar-refractivity contribution in [1.29, 1.82) is 0 Å². The molecule has 0 N–H and O–H groups in total. The number of unbranched alkanes of at least 4 members (excludes halogenated alkanes) is 2. The molecular weight excluding hydrogens is 216 g/mol. The second kappa shape index (κ2) is 272. The Morgan fingerprint density at radius 1 is 0.278 bits per heavy atom. The maximum Gasteiger partial charge on any atom is -0.0564 e. The van der Waals surface area contributed by atoms with E-state index in [1.165, 1.54) is 25.7 Å². The molecule has 0 aromatic carbocycles. The Bertz CT molecular complexity index is 8.00. The molecule has 0 saturated heterocycles. The van der Waals surface area contributed by atoms with Crippen molar-refractivity contribution in [2.45, 2.75) is 128 Å². The van der Waals surface area contributed by atoms with Crippen LogP contribution in [0.4, 0.5) is 0 Å². The summed E-state index contributed by atoms with van der Waals surface area (Å²) in [4.78, 5) is 0. The van der Waals surface area contributed by atoms with Gasteiger partial charge in [-0.1, -0.05) is 128 Å². The molecule has 132 valence electrons. The van der Waals surface area contributed by atoms with Gasteiger partial charge >= 0.3 is 0 Å². The summed E-state index contributed by atoms with van der Waals surface area (Å²) in [6, 6.07) is 0. The van der Waals surface area contributed by atoms with Gasteiger partial charge < -0.3 is 0 Å². The molecule has 0 heteroatoms. The van der Waals surface area contributed by atoms with Crippen LogP contribution in [-0.2, 0) is 0 Å². The fourth-order valence-electron chi connectivity index (χ4n) is 0. The molecule has 0 radical (unpaired) electrons. The molecule has 0 amide bonds. The van der Waals surface area contributed by atoms with Crippen LogP contribution < -0.4 is 0 Å². The molecule has 0 rings (SSSR count). The van der Waals surface area contributed by atoms with Crippen LogP contribution >= 0.6 is 0 Å². The van der Waals surface area contributed by atoms with Crippen molar-refractivity contribution in [3.05, 3.63) is 0 Å². The zero-order valence-corrected chi connectivity index (χ0v) is 6.83. The van der Waals surface area contributed by atoms with E-state index in [1.54, 1.807) is 0 Å². The monoisotopic (exact) mass is 276 g/mol. The summed E-state index contributed by atoms with van der Waals surface area (Å²) in [6.07, 6.45) is 5.28. The van der Waals surface area contributed by atoms with Gasteiger partial charge in [-0.15, -0.1) is 0 Å². The SMILES string of the molecule is C.C.C.C.C.C.C.C.C.C.CCCC.CCCC. The van der Waals surface area contributed by atoms with Crippen molar-refractivity contribution in [1.82, 2.24) is 0 Å². The molecule has 0 aliphatic heterocycles. The highest BCUT2D eigenvalue weighted by Crippen LogP contribution is 1.77. The predicted octanol–water partition coefficient (Wildman–Crippen LogP) is 9.97. The smallest absolute Gasteiger partial charge is 0.0564 e. The molecule has 0 aromatic heterocycles. The third-order valence-corrected chi connectivity index (χ3v) is 1.000. The zero-order chi connectivity index (χ0) is 6.83. The Morgan fingerprint density at radius 3 is 0.333 bits per heavy atom. The van der Waals surface area contributed by atoms with E-state index in [0.29, 0.717) is 0 Å². The zero-order valence-electron chi connectivity index (χ0n) is 6.83. The average molecular weight is 277 g/mol. The van der Waals surface area contributed by atoms with Gasteiger partial charge in [0.1, 0.15) is 0 Å². The summed E-state index contributed by atoms with van der Waals surface area (Å²) in [7, 11) is 0. The lowest BCUT2D eigenvalue weighted by Crippen LogP contribution is -1.47. The van der Waals surface area contributed by atoms with Gasteiger partial charge in [-0.25, -0.2) is 0 Å². The fraction of sp³-hybridized carbons (Fsp3) is 1.00. The van der Waals surface area contributed by atoms with Crippen LogP contribution in [-0.4, -0.2) is 0 Å². The summed E-state index contributed by atoms with van der Waals surface area (Å²) in [6.45, 7) is 8.72. The molecule has 0 aliphatic carbocycles. The van der Waals surface area contributed by atoms with Gasteiger partial charge in [0.25, 0.3) is 0 Å². The third-order valence-electron chi connectivity index (χ3n) is 1.000. The molecule has 0 aliphatic rings. The highest BCUT2D eigenvalue weighted by molar-refractivity contribution is 4.13. The van der Waals surface area contributed by atoms with Crippen LogP contribution in [0.25, 0.3) is 0 Å². The van der Waals surface area contributed by atoms with Crippen LogP contribution in [0.15, 0.2) is 0 Å². The van der Waals surface area contributed by atoms with E-state index in [1.807, 2.05) is 0 Å². The van der Waals surface area contributed by atoms with E-state index in [4.69, 9.17) is 0 Å². The number of hydrogen-bond donors (Lipinski definition) is 0. The van der Waals surface area contributed by atoms with Crippen LogP contribution in [0.1, 0.15) is 128 Å². The quantitative estimate of drug-likeness (QED) is 0.470. The van der Waals surface area contributed by atoms with E-state index in [0.717, 1.165) is 0 Å². The lowest BCUT2D eigenvalue weighted by atomic mass is 10.4. The van der Waals surface area contributed by atoms with Crippen molar-refractivity contribution in [2.75, 3.05) is 0 Å². The first-order chi connectivity index (χ1) is 3.83. The van der Waals surface area contributed by atoms with E-state index in [9.17, 15) is 0 Å². The van der Waals surface area contributed by atoms with Gasteiger partial charge in [-0.3, -0.25) is 0 Å². The van der Waals surface area contributed by atoms with E-state index >= 15 is 0 Å². The molecule has 0 saturated carbocycles. The lowest BCUT2D eigenvalue weighted by molar-refractivity contribution is 0.886. The normalized spacial score (nSPS) is 3.33. The Balaban J connectivity index is -0.00000000257. The first kappa shape index (κ1) is 144. The number of rotatable bonds is 2. The summed E-state index contributed by atoms with van der Waals surface area (Å²) in [5.74, 6) is 0. The predicted molar refractivity (Wildman–Crippen MR) is 108 cm³/mol. The molecule has 0 fully saturated rings. The van der Waals surface area contributed by atoms with Gasteiger partial charge in [-0.05, 0) is 0 Å². The van der Waals surface area contributed by atoms with Gasteiger partial charge in [0.2, 0.25) is 0 Å². The minimum Gasteiger partial charge on any atom is -0.0776 e. The highest BCUT2D eigenvalue weighted by atomic mass is 13.6. The van der Waals surface area contributed by atoms with Crippen molar-refractivity contribution < 1.29 is 0 Å². The van der Waals surface area contributed by atoms with E-state index in [2.05, 4.69) is 27.7 Å². The maximum absolute atomic E-state index is 2.18. The Morgan fingerprint density at radius 2 is 0.333 bits per heavy atom. The molecule has 0 bridgehead atoms. The van der Waals surface area contributed by atoms with Gasteiger partial charge in [-0.2, -0.15) is 0 Å². The fourth-order valence-corrected chi connectivity index (χ4v) is 0.